The number of rotatable bonds is 5. The van der Waals surface area contributed by atoms with Crippen LogP contribution in [0.3, 0.4) is 0 Å². The Morgan fingerprint density at radius 3 is 2.54 bits per heavy atom. The number of hydrogen-bond donors (Lipinski definition) is 1. The molecule has 3 rings (SSSR count). The van der Waals surface area contributed by atoms with Gasteiger partial charge in [0.15, 0.2) is 0 Å². The van der Waals surface area contributed by atoms with E-state index in [4.69, 9.17) is 11.6 Å². The van der Waals surface area contributed by atoms with Gasteiger partial charge in [0.2, 0.25) is 5.91 Å². The molecule has 128 valence electrons. The van der Waals surface area contributed by atoms with E-state index in [1.54, 1.807) is 11.3 Å². The molecule has 0 saturated heterocycles. The number of carbonyl (C=O) groups excluding carboxylic acids is 1. The molecule has 1 aromatic carbocycles. The van der Waals surface area contributed by atoms with Crippen LogP contribution in [-0.2, 0) is 16.8 Å². The van der Waals surface area contributed by atoms with E-state index in [0.29, 0.717) is 17.5 Å². The van der Waals surface area contributed by atoms with Crippen LogP contribution >= 0.6 is 22.9 Å². The van der Waals surface area contributed by atoms with Crippen molar-refractivity contribution in [3.63, 3.8) is 0 Å². The average molecular weight is 363 g/mol. The van der Waals surface area contributed by atoms with Crippen molar-refractivity contribution in [2.24, 2.45) is 0 Å². The van der Waals surface area contributed by atoms with E-state index in [1.165, 1.54) is 0 Å². The van der Waals surface area contributed by atoms with Crippen LogP contribution in [0, 0.1) is 0 Å². The van der Waals surface area contributed by atoms with E-state index < -0.39 is 5.41 Å². The molecule has 1 aliphatic rings. The number of nitrogens with zero attached hydrogens (tertiary/aromatic N) is 1. The molecule has 1 fully saturated rings. The van der Waals surface area contributed by atoms with Crippen molar-refractivity contribution in [2.75, 3.05) is 0 Å². The lowest BCUT2D eigenvalue weighted by Crippen LogP contribution is -2.42. The molecule has 1 aromatic heterocycles. The quantitative estimate of drug-likeness (QED) is 0.808. The molecule has 0 atom stereocenters. The first-order valence-electron chi connectivity index (χ1n) is 8.50. The van der Waals surface area contributed by atoms with Gasteiger partial charge >= 0.3 is 0 Å². The first kappa shape index (κ1) is 17.4. The second kappa shape index (κ2) is 7.24. The van der Waals surface area contributed by atoms with Crippen LogP contribution < -0.4 is 5.32 Å². The summed E-state index contributed by atoms with van der Waals surface area (Å²) in [6, 6.07) is 7.74. The third kappa shape index (κ3) is 3.50. The number of halogens is 1. The van der Waals surface area contributed by atoms with Crippen molar-refractivity contribution in [1.82, 2.24) is 10.3 Å². The second-order valence-corrected chi connectivity index (χ2v) is 8.14. The largest absolute Gasteiger partial charge is 0.350 e. The lowest BCUT2D eigenvalue weighted by Gasteiger charge is -2.28. The van der Waals surface area contributed by atoms with Crippen LogP contribution in [0.1, 0.15) is 61.7 Å². The summed E-state index contributed by atoms with van der Waals surface area (Å²) in [7, 11) is 0. The number of aromatic nitrogens is 1. The van der Waals surface area contributed by atoms with Gasteiger partial charge in [-0.1, -0.05) is 50.4 Å². The minimum absolute atomic E-state index is 0.112. The fraction of sp³-hybridized carbons (Fsp3) is 0.474. The second-order valence-electron chi connectivity index (χ2n) is 6.81. The normalized spacial score (nSPS) is 16.5. The van der Waals surface area contributed by atoms with Gasteiger partial charge in [0.1, 0.15) is 0 Å². The van der Waals surface area contributed by atoms with Gasteiger partial charge in [-0.05, 0) is 30.5 Å². The maximum Gasteiger partial charge on any atom is 0.230 e. The van der Waals surface area contributed by atoms with Crippen LogP contribution in [0.15, 0.2) is 29.6 Å². The van der Waals surface area contributed by atoms with Crippen molar-refractivity contribution in [3.05, 3.63) is 50.9 Å². The number of nitrogens with one attached hydrogen (secondary N) is 1. The predicted octanol–water partition coefficient (Wildman–Crippen LogP) is 5.05. The van der Waals surface area contributed by atoms with Gasteiger partial charge in [0, 0.05) is 16.3 Å². The summed E-state index contributed by atoms with van der Waals surface area (Å²) in [5, 5.41) is 6.98. The summed E-state index contributed by atoms with van der Waals surface area (Å²) in [6.45, 7) is 4.77. The number of carbonyl (C=O) groups is 1. The van der Waals surface area contributed by atoms with Crippen LogP contribution in [-0.4, -0.2) is 10.9 Å². The number of hydrogen-bond acceptors (Lipinski definition) is 3. The molecule has 0 radical (unpaired) electrons. The number of amides is 1. The molecule has 1 N–H and O–H groups in total. The van der Waals surface area contributed by atoms with Gasteiger partial charge in [-0.15, -0.1) is 11.3 Å². The first-order chi connectivity index (χ1) is 11.5. The first-order valence-corrected chi connectivity index (χ1v) is 9.76. The average Bonchev–Trinajstić information content (AvgIpc) is 3.23. The van der Waals surface area contributed by atoms with Crippen molar-refractivity contribution in [2.45, 2.75) is 57.4 Å². The Morgan fingerprint density at radius 2 is 1.96 bits per heavy atom. The van der Waals surface area contributed by atoms with Crippen molar-refractivity contribution < 1.29 is 4.79 Å². The zero-order valence-corrected chi connectivity index (χ0v) is 15.7. The summed E-state index contributed by atoms with van der Waals surface area (Å²) in [5.41, 5.74) is 1.60. The Morgan fingerprint density at radius 1 is 1.29 bits per heavy atom. The molecule has 1 amide bonds. The Hall–Kier alpha value is -1.39. The Bertz CT molecular complexity index is 702. The fourth-order valence-electron chi connectivity index (χ4n) is 3.40. The summed E-state index contributed by atoms with van der Waals surface area (Å²) < 4.78 is 0. The highest BCUT2D eigenvalue weighted by molar-refractivity contribution is 7.09. The molecular formula is C19H23ClN2OS. The molecule has 1 saturated carbocycles. The van der Waals surface area contributed by atoms with Gasteiger partial charge in [-0.2, -0.15) is 0 Å². The Labute approximate surface area is 152 Å². The van der Waals surface area contributed by atoms with Gasteiger partial charge in [-0.3, -0.25) is 4.79 Å². The van der Waals surface area contributed by atoms with Crippen LogP contribution in [0.5, 0.6) is 0 Å². The van der Waals surface area contributed by atoms with E-state index in [-0.39, 0.29) is 5.91 Å². The summed E-state index contributed by atoms with van der Waals surface area (Å²) in [6.07, 6.45) is 3.97. The van der Waals surface area contributed by atoms with E-state index in [9.17, 15) is 4.79 Å². The molecule has 24 heavy (non-hydrogen) atoms. The van der Waals surface area contributed by atoms with Crippen LogP contribution in [0.4, 0.5) is 0 Å². The molecule has 0 unspecified atom stereocenters. The van der Waals surface area contributed by atoms with E-state index in [0.717, 1.165) is 41.9 Å². The third-order valence-corrected chi connectivity index (χ3v) is 6.23. The zero-order chi connectivity index (χ0) is 17.2. The lowest BCUT2D eigenvalue weighted by molar-refractivity contribution is -0.126. The highest BCUT2D eigenvalue weighted by atomic mass is 35.5. The SMILES string of the molecule is CC(C)c1nc(CNC(=O)C2(c3ccc(Cl)cc3)CCCC2)cs1. The monoisotopic (exact) mass is 362 g/mol. The molecule has 1 aliphatic carbocycles. The molecule has 5 heteroatoms. The number of benzene rings is 1. The third-order valence-electron chi connectivity index (χ3n) is 4.78. The van der Waals surface area contributed by atoms with E-state index in [1.807, 2.05) is 29.6 Å². The van der Waals surface area contributed by atoms with E-state index >= 15 is 0 Å². The van der Waals surface area contributed by atoms with E-state index in [2.05, 4.69) is 24.1 Å². The minimum atomic E-state index is -0.415. The topological polar surface area (TPSA) is 42.0 Å². The zero-order valence-electron chi connectivity index (χ0n) is 14.1. The van der Waals surface area contributed by atoms with Gasteiger partial charge < -0.3 is 5.32 Å². The van der Waals surface area contributed by atoms with Gasteiger partial charge in [0.25, 0.3) is 0 Å². The molecule has 0 aliphatic heterocycles. The Balaban J connectivity index is 1.74. The minimum Gasteiger partial charge on any atom is -0.350 e. The van der Waals surface area contributed by atoms with Crippen LogP contribution in [0.25, 0.3) is 0 Å². The molecule has 3 nitrogen and oxygen atoms in total. The summed E-state index contributed by atoms with van der Waals surface area (Å²) in [4.78, 5) is 17.6. The molecule has 0 bridgehead atoms. The molecule has 0 spiro atoms. The molecular weight excluding hydrogens is 340 g/mol. The maximum absolute atomic E-state index is 13.0. The number of thiazole rings is 1. The Kier molecular flexibility index (Phi) is 5.26. The summed E-state index contributed by atoms with van der Waals surface area (Å²) in [5.74, 6) is 0.538. The maximum atomic E-state index is 13.0. The van der Waals surface area contributed by atoms with Crippen molar-refractivity contribution in [1.29, 1.82) is 0 Å². The highest BCUT2D eigenvalue weighted by Gasteiger charge is 2.42. The van der Waals surface area contributed by atoms with Crippen molar-refractivity contribution in [3.8, 4) is 0 Å². The standard InChI is InChI=1S/C19H23ClN2OS/c1-13(2)17-22-16(12-24-17)11-21-18(23)19(9-3-4-10-19)14-5-7-15(20)8-6-14/h5-8,12-13H,3-4,9-11H2,1-2H3,(H,21,23). The van der Waals surface area contributed by atoms with Gasteiger partial charge in [-0.25, -0.2) is 4.98 Å². The van der Waals surface area contributed by atoms with Crippen LogP contribution in [0.2, 0.25) is 5.02 Å². The smallest absolute Gasteiger partial charge is 0.230 e. The predicted molar refractivity (Wildman–Crippen MR) is 99.6 cm³/mol. The lowest BCUT2D eigenvalue weighted by atomic mass is 9.78. The highest BCUT2D eigenvalue weighted by Crippen LogP contribution is 2.41. The van der Waals surface area contributed by atoms with Crippen molar-refractivity contribution >= 4 is 28.8 Å². The summed E-state index contributed by atoms with van der Waals surface area (Å²) >= 11 is 7.67. The molecule has 1 heterocycles. The molecule has 2 aromatic rings. The fourth-order valence-corrected chi connectivity index (χ4v) is 4.36. The van der Waals surface area contributed by atoms with Gasteiger partial charge in [0.05, 0.1) is 22.7 Å².